The maximum absolute atomic E-state index is 14.9. The summed E-state index contributed by atoms with van der Waals surface area (Å²) < 4.78 is 34.4. The van der Waals surface area contributed by atoms with E-state index in [1.54, 1.807) is 31.1 Å². The molecule has 0 radical (unpaired) electrons. The van der Waals surface area contributed by atoms with Crippen molar-refractivity contribution in [1.29, 1.82) is 0 Å². The van der Waals surface area contributed by atoms with Gasteiger partial charge in [0.2, 0.25) is 5.91 Å². The van der Waals surface area contributed by atoms with Crippen LogP contribution in [-0.2, 0) is 15.8 Å². The first-order valence-corrected chi connectivity index (χ1v) is 10.6. The van der Waals surface area contributed by atoms with E-state index in [-0.39, 0.29) is 40.9 Å². The van der Waals surface area contributed by atoms with Gasteiger partial charge in [-0.05, 0) is 31.7 Å². The Morgan fingerprint density at radius 1 is 1.36 bits per heavy atom. The maximum atomic E-state index is 14.9. The Morgan fingerprint density at radius 2 is 2.09 bits per heavy atom. The maximum Gasteiger partial charge on any atom is 0.231 e. The van der Waals surface area contributed by atoms with E-state index in [2.05, 4.69) is 4.98 Å². The Kier molecular flexibility index (Phi) is 5.68. The number of allylic oxidation sites excluding steroid dienone is 2. The van der Waals surface area contributed by atoms with E-state index in [4.69, 9.17) is 27.8 Å². The number of aliphatic hydroxyl groups is 1. The predicted octanol–water partition coefficient (Wildman–Crippen LogP) is 2.69. The summed E-state index contributed by atoms with van der Waals surface area (Å²) in [5, 5.41) is 11.4. The minimum absolute atomic E-state index is 0.0478. The normalized spacial score (nSPS) is 21.3. The molecule has 1 unspecified atom stereocenters. The first kappa shape index (κ1) is 23.2. The third-order valence-corrected chi connectivity index (χ3v) is 6.47. The number of fused-ring (bicyclic) bond motifs is 1. The van der Waals surface area contributed by atoms with Gasteiger partial charge in [0.15, 0.2) is 5.60 Å². The average Bonchev–Trinajstić information content (AvgIpc) is 3.14. The third kappa shape index (κ3) is 3.56. The number of pyridine rings is 1. The van der Waals surface area contributed by atoms with Gasteiger partial charge in [0.1, 0.15) is 35.1 Å². The molecule has 0 saturated carbocycles. The van der Waals surface area contributed by atoms with Gasteiger partial charge in [-0.15, -0.1) is 0 Å². The van der Waals surface area contributed by atoms with Gasteiger partial charge in [-0.25, -0.2) is 13.8 Å². The molecule has 0 fully saturated rings. The van der Waals surface area contributed by atoms with Crippen molar-refractivity contribution in [3.05, 3.63) is 70.2 Å². The molecule has 0 bridgehead atoms. The van der Waals surface area contributed by atoms with E-state index in [1.807, 2.05) is 6.08 Å². The molecule has 2 aliphatic rings. The predicted molar refractivity (Wildman–Crippen MR) is 119 cm³/mol. The van der Waals surface area contributed by atoms with E-state index in [1.165, 1.54) is 6.07 Å². The number of nitrogens with zero attached hydrogens (tertiary/aromatic N) is 2. The molecule has 2 aliphatic heterocycles. The van der Waals surface area contributed by atoms with Crippen molar-refractivity contribution in [2.24, 2.45) is 11.5 Å². The van der Waals surface area contributed by atoms with Crippen LogP contribution in [0.3, 0.4) is 0 Å². The van der Waals surface area contributed by atoms with Crippen LogP contribution < -0.4 is 16.2 Å². The fourth-order valence-electron chi connectivity index (χ4n) is 4.11. The molecule has 10 heteroatoms. The molecule has 7 nitrogen and oxygen atoms in total. The highest BCUT2D eigenvalue weighted by atomic mass is 35.5. The topological polar surface area (TPSA) is 115 Å². The number of carbonyl (C=O) groups is 1. The first-order chi connectivity index (χ1) is 15.5. The molecular formula is C23H23ClF2N4O3. The Balaban J connectivity index is 2.03. The molecule has 5 N–H and O–H groups in total. The van der Waals surface area contributed by atoms with Gasteiger partial charge in [-0.1, -0.05) is 23.8 Å². The van der Waals surface area contributed by atoms with Gasteiger partial charge >= 0.3 is 0 Å². The van der Waals surface area contributed by atoms with Gasteiger partial charge in [0.05, 0.1) is 16.4 Å². The summed E-state index contributed by atoms with van der Waals surface area (Å²) in [6.07, 6.45) is 6.03. The van der Waals surface area contributed by atoms with Crippen LogP contribution in [0.2, 0.25) is 5.02 Å². The van der Waals surface area contributed by atoms with Crippen molar-refractivity contribution in [1.82, 2.24) is 9.88 Å². The van der Waals surface area contributed by atoms with Crippen LogP contribution in [-0.4, -0.2) is 41.1 Å². The van der Waals surface area contributed by atoms with E-state index < -0.39 is 28.6 Å². The zero-order valence-corrected chi connectivity index (χ0v) is 18.8. The van der Waals surface area contributed by atoms with Crippen LogP contribution in [0.5, 0.6) is 5.75 Å². The molecule has 4 rings (SSSR count). The SMILES string of the molecule is CN1C=CCC=C1C(O)(CN)c1cc2c(c(-c3cc(Cl)c(F)cc3F)n1)OC[C@]2(C)C(N)=O. The highest BCUT2D eigenvalue weighted by Crippen LogP contribution is 2.47. The minimum atomic E-state index is -1.79. The summed E-state index contributed by atoms with van der Waals surface area (Å²) in [7, 11) is 1.74. The number of benzene rings is 1. The fourth-order valence-corrected chi connectivity index (χ4v) is 4.27. The highest BCUT2D eigenvalue weighted by Gasteiger charge is 2.46. The molecule has 0 spiro atoms. The molecule has 1 aromatic carbocycles. The van der Waals surface area contributed by atoms with E-state index in [0.717, 1.165) is 6.07 Å². The zero-order chi connectivity index (χ0) is 24.1. The quantitative estimate of drug-likeness (QED) is 0.572. The molecule has 0 aliphatic carbocycles. The second-order valence-electron chi connectivity index (χ2n) is 8.35. The highest BCUT2D eigenvalue weighted by molar-refractivity contribution is 6.31. The lowest BCUT2D eigenvalue weighted by Crippen LogP contribution is -2.43. The largest absolute Gasteiger partial charge is 0.489 e. The number of carbonyl (C=O) groups excluding carboxylic acids is 1. The lowest BCUT2D eigenvalue weighted by atomic mass is 9.81. The van der Waals surface area contributed by atoms with Crippen LogP contribution >= 0.6 is 11.6 Å². The number of hydrogen-bond donors (Lipinski definition) is 3. The number of nitrogens with two attached hydrogens (primary N) is 2. The molecule has 2 atom stereocenters. The van der Waals surface area contributed by atoms with Crippen LogP contribution in [0.15, 0.2) is 42.2 Å². The van der Waals surface area contributed by atoms with Crippen molar-refractivity contribution in [2.75, 3.05) is 20.2 Å². The van der Waals surface area contributed by atoms with E-state index in [0.29, 0.717) is 23.7 Å². The molecule has 2 aromatic rings. The molecule has 3 heterocycles. The second-order valence-corrected chi connectivity index (χ2v) is 8.76. The molecule has 1 amide bonds. The minimum Gasteiger partial charge on any atom is -0.489 e. The van der Waals surface area contributed by atoms with Gasteiger partial charge in [0.25, 0.3) is 0 Å². The number of amides is 1. The van der Waals surface area contributed by atoms with Crippen molar-refractivity contribution in [2.45, 2.75) is 24.4 Å². The zero-order valence-electron chi connectivity index (χ0n) is 18.0. The Morgan fingerprint density at radius 3 is 2.73 bits per heavy atom. The molecule has 174 valence electrons. The number of primary amides is 1. The number of halogens is 3. The molecule has 0 saturated heterocycles. The van der Waals surface area contributed by atoms with Crippen LogP contribution in [0.4, 0.5) is 8.78 Å². The van der Waals surface area contributed by atoms with Crippen molar-refractivity contribution in [3.8, 4) is 17.0 Å². The number of ether oxygens (including phenoxy) is 1. The smallest absolute Gasteiger partial charge is 0.231 e. The second kappa shape index (κ2) is 8.09. The number of likely N-dealkylation sites (N-methyl/N-ethyl adjacent to an activating group) is 1. The standard InChI is InChI=1S/C23H23ClF2N4O3/c1-22(21(28)31)11-33-20-13(22)8-17(23(32,10-27)18-5-3-4-6-30(18)2)29-19(20)12-7-14(24)16(26)9-15(12)25/h4-9,32H,3,10-11,27H2,1-2H3,(H2,28,31)/t22-,23?/m0/s1. The molecule has 33 heavy (non-hydrogen) atoms. The number of rotatable bonds is 5. The Labute approximate surface area is 194 Å². The summed E-state index contributed by atoms with van der Waals surface area (Å²) in [5.41, 5.74) is 9.26. The van der Waals surface area contributed by atoms with E-state index in [9.17, 15) is 18.7 Å². The lowest BCUT2D eigenvalue weighted by molar-refractivity contribution is -0.123. The van der Waals surface area contributed by atoms with Gasteiger partial charge < -0.3 is 26.2 Å². The molecular weight excluding hydrogens is 454 g/mol. The summed E-state index contributed by atoms with van der Waals surface area (Å²) in [6.45, 7) is 1.21. The summed E-state index contributed by atoms with van der Waals surface area (Å²) in [5.74, 6) is -2.44. The van der Waals surface area contributed by atoms with Crippen LogP contribution in [0.1, 0.15) is 24.6 Å². The van der Waals surface area contributed by atoms with E-state index >= 15 is 0 Å². The Hall–Kier alpha value is -3.01. The summed E-state index contributed by atoms with van der Waals surface area (Å²) in [6, 6.07) is 3.22. The monoisotopic (exact) mass is 476 g/mol. The Bertz CT molecular complexity index is 1220. The fraction of sp³-hybridized carbons (Fsp3) is 0.304. The van der Waals surface area contributed by atoms with Gasteiger partial charge in [0, 0.05) is 30.8 Å². The first-order valence-electron chi connectivity index (χ1n) is 10.2. The van der Waals surface area contributed by atoms with Crippen molar-refractivity contribution < 1.29 is 23.4 Å². The van der Waals surface area contributed by atoms with Gasteiger partial charge in [-0.3, -0.25) is 4.79 Å². The summed E-state index contributed by atoms with van der Waals surface area (Å²) in [4.78, 5) is 18.5. The van der Waals surface area contributed by atoms with Crippen LogP contribution in [0.25, 0.3) is 11.3 Å². The molecule has 1 aromatic heterocycles. The number of hydrogen-bond acceptors (Lipinski definition) is 6. The van der Waals surface area contributed by atoms with Crippen LogP contribution in [0, 0.1) is 11.6 Å². The number of aromatic nitrogens is 1. The summed E-state index contributed by atoms with van der Waals surface area (Å²) >= 11 is 5.91. The average molecular weight is 477 g/mol. The van der Waals surface area contributed by atoms with Gasteiger partial charge in [-0.2, -0.15) is 0 Å². The van der Waals surface area contributed by atoms with Crippen molar-refractivity contribution in [3.63, 3.8) is 0 Å². The third-order valence-electron chi connectivity index (χ3n) is 6.18. The van der Waals surface area contributed by atoms with Crippen molar-refractivity contribution >= 4 is 17.5 Å². The lowest BCUT2D eigenvalue weighted by Gasteiger charge is -2.36.